The molecule has 1 heteroatoms. The Morgan fingerprint density at radius 2 is 1.73 bits per heavy atom. The Bertz CT molecular complexity index is 819. The molecule has 1 aliphatic heterocycles. The van der Waals surface area contributed by atoms with Crippen molar-refractivity contribution in [2.45, 2.75) is 77.6 Å². The lowest BCUT2D eigenvalue weighted by Gasteiger charge is -2.43. The molecule has 2 bridgehead atoms. The van der Waals surface area contributed by atoms with E-state index in [2.05, 4.69) is 82.2 Å². The second-order valence-electron chi connectivity index (χ2n) is 8.20. The molecule has 0 fully saturated rings. The summed E-state index contributed by atoms with van der Waals surface area (Å²) < 4.78 is 2.34. The largest absolute Gasteiger partial charge is 0.218 e. The van der Waals surface area contributed by atoms with Crippen LogP contribution in [0.5, 0.6) is 0 Å². The Balaban J connectivity index is 2.38. The third kappa shape index (κ3) is 2.55. The van der Waals surface area contributed by atoms with Crippen molar-refractivity contribution in [3.8, 4) is 11.3 Å². The fourth-order valence-electron chi connectivity index (χ4n) is 4.94. The molecule has 0 N–H and O–H groups in total. The second kappa shape index (κ2) is 7.02. The molecule has 1 aromatic carbocycles. The number of fused-ring (bicyclic) bond motifs is 4. The van der Waals surface area contributed by atoms with E-state index in [1.807, 2.05) is 6.20 Å². The number of rotatable bonds is 6. The molecule has 1 aromatic heterocycles. The summed E-state index contributed by atoms with van der Waals surface area (Å²) in [4.78, 5) is 0. The molecule has 2 unspecified atom stereocenters. The number of benzene rings is 1. The summed E-state index contributed by atoms with van der Waals surface area (Å²) in [7, 11) is 0. The van der Waals surface area contributed by atoms with Crippen LogP contribution in [0.3, 0.4) is 0 Å². The molecule has 3 rings (SSSR count). The number of hydrogen-bond donors (Lipinski definition) is 0. The molecule has 0 spiro atoms. The van der Waals surface area contributed by atoms with Gasteiger partial charge in [0.05, 0.1) is 11.0 Å². The van der Waals surface area contributed by atoms with Gasteiger partial charge in [0.1, 0.15) is 0 Å². The fraction of sp³-hybridized carbons (Fsp3) is 0.480. The minimum absolute atomic E-state index is 0.0577. The van der Waals surface area contributed by atoms with Crippen LogP contribution in [0.1, 0.15) is 77.1 Å². The zero-order valence-electron chi connectivity index (χ0n) is 17.2. The number of unbranched alkanes of at least 4 members (excludes halogenated alkanes) is 1. The molecule has 138 valence electrons. The Morgan fingerprint density at radius 3 is 2.35 bits per heavy atom. The highest BCUT2D eigenvalue weighted by molar-refractivity contribution is 5.67. The number of hydrogen-bond acceptors (Lipinski definition) is 0. The van der Waals surface area contributed by atoms with Crippen molar-refractivity contribution >= 4 is 6.20 Å². The number of nitrogens with zero attached hydrogens (tertiary/aromatic N) is 1. The molecule has 2 atom stereocenters. The van der Waals surface area contributed by atoms with Gasteiger partial charge in [-0.1, -0.05) is 46.2 Å². The van der Waals surface area contributed by atoms with Gasteiger partial charge in [-0.05, 0) is 62.4 Å². The normalized spacial score (nSPS) is 24.0. The lowest BCUT2D eigenvalue weighted by Crippen LogP contribution is -2.50. The SMILES string of the molecule is C=C[n+]1c2cccc1C(C)(CC)C(C)(CC)c1ccc(CCCC)cc1-2. The highest BCUT2D eigenvalue weighted by atomic mass is 15.0. The molecular weight excluding hydrogens is 314 g/mol. The Morgan fingerprint density at radius 1 is 1.00 bits per heavy atom. The molecule has 0 radical (unpaired) electrons. The van der Waals surface area contributed by atoms with Crippen LogP contribution in [0.15, 0.2) is 43.0 Å². The summed E-state index contributed by atoms with van der Waals surface area (Å²) in [6.07, 6.45) is 7.87. The van der Waals surface area contributed by atoms with Crippen LogP contribution in [-0.4, -0.2) is 0 Å². The zero-order chi connectivity index (χ0) is 18.9. The third-order valence-electron chi connectivity index (χ3n) is 7.18. The van der Waals surface area contributed by atoms with E-state index in [0.29, 0.717) is 0 Å². The molecule has 2 heterocycles. The van der Waals surface area contributed by atoms with Crippen molar-refractivity contribution in [3.63, 3.8) is 0 Å². The van der Waals surface area contributed by atoms with Crippen LogP contribution in [0.2, 0.25) is 0 Å². The summed E-state index contributed by atoms with van der Waals surface area (Å²) in [5.74, 6) is 0. The minimum Gasteiger partial charge on any atom is -0.164 e. The summed E-state index contributed by atoms with van der Waals surface area (Å²) in [6.45, 7) is 16.0. The lowest BCUT2D eigenvalue weighted by atomic mass is 9.57. The first-order chi connectivity index (χ1) is 12.5. The van der Waals surface area contributed by atoms with Gasteiger partial charge < -0.3 is 0 Å². The molecule has 26 heavy (non-hydrogen) atoms. The molecule has 0 saturated carbocycles. The fourth-order valence-corrected chi connectivity index (χ4v) is 4.94. The summed E-state index contributed by atoms with van der Waals surface area (Å²) >= 11 is 0. The van der Waals surface area contributed by atoms with Crippen LogP contribution in [0.25, 0.3) is 17.5 Å². The first-order valence-corrected chi connectivity index (χ1v) is 10.3. The molecular formula is C25H34N+. The van der Waals surface area contributed by atoms with Crippen molar-refractivity contribution in [2.75, 3.05) is 0 Å². The van der Waals surface area contributed by atoms with Crippen LogP contribution in [0, 0.1) is 0 Å². The first kappa shape index (κ1) is 18.9. The average molecular weight is 349 g/mol. The number of pyridine rings is 1. The molecule has 1 nitrogen and oxygen atoms in total. The lowest BCUT2D eigenvalue weighted by molar-refractivity contribution is -0.570. The minimum atomic E-state index is 0.0577. The van der Waals surface area contributed by atoms with E-state index in [9.17, 15) is 0 Å². The van der Waals surface area contributed by atoms with E-state index < -0.39 is 0 Å². The predicted molar refractivity (Wildman–Crippen MR) is 112 cm³/mol. The predicted octanol–water partition coefficient (Wildman–Crippen LogP) is 6.43. The number of aromatic nitrogens is 1. The summed E-state index contributed by atoms with van der Waals surface area (Å²) in [5.41, 5.74) is 7.13. The smallest absolute Gasteiger partial charge is 0.164 e. The Labute approximate surface area is 159 Å². The second-order valence-corrected chi connectivity index (χ2v) is 8.20. The van der Waals surface area contributed by atoms with Gasteiger partial charge in [0.15, 0.2) is 11.9 Å². The van der Waals surface area contributed by atoms with Crippen molar-refractivity contribution in [1.82, 2.24) is 0 Å². The van der Waals surface area contributed by atoms with E-state index in [4.69, 9.17) is 0 Å². The van der Waals surface area contributed by atoms with Crippen LogP contribution >= 0.6 is 0 Å². The van der Waals surface area contributed by atoms with E-state index in [1.165, 1.54) is 40.9 Å². The van der Waals surface area contributed by atoms with Crippen molar-refractivity contribution in [2.24, 2.45) is 0 Å². The quantitative estimate of drug-likeness (QED) is 0.529. The molecule has 0 amide bonds. The molecule has 0 aliphatic carbocycles. The van der Waals surface area contributed by atoms with Gasteiger partial charge in [-0.2, -0.15) is 4.57 Å². The van der Waals surface area contributed by atoms with Crippen molar-refractivity contribution < 1.29 is 4.57 Å². The molecule has 1 aliphatic rings. The highest BCUT2D eigenvalue weighted by Gasteiger charge is 2.52. The maximum atomic E-state index is 4.16. The maximum Gasteiger partial charge on any atom is 0.218 e. The maximum absolute atomic E-state index is 4.16. The van der Waals surface area contributed by atoms with Crippen LogP contribution in [-0.2, 0) is 17.3 Å². The van der Waals surface area contributed by atoms with Crippen LogP contribution in [0.4, 0.5) is 0 Å². The molecule has 2 aromatic rings. The van der Waals surface area contributed by atoms with E-state index in [-0.39, 0.29) is 10.8 Å². The van der Waals surface area contributed by atoms with Gasteiger partial charge in [0, 0.05) is 17.5 Å². The van der Waals surface area contributed by atoms with E-state index in [0.717, 1.165) is 19.3 Å². The average Bonchev–Trinajstić information content (AvgIpc) is 2.72. The van der Waals surface area contributed by atoms with Gasteiger partial charge >= 0.3 is 0 Å². The first-order valence-electron chi connectivity index (χ1n) is 10.3. The molecule has 0 saturated heterocycles. The standard InChI is InChI=1S/C25H34N/c1-7-11-13-19-16-17-21-20(18-19)22-14-12-15-23(26(22)10-4)25(6,9-3)24(21,5)8-2/h10,12,14-18H,4,7-9,11,13H2,1-3,5-6H3/q+1. The van der Waals surface area contributed by atoms with Crippen molar-refractivity contribution in [1.29, 1.82) is 0 Å². The summed E-state index contributed by atoms with van der Waals surface area (Å²) in [6, 6.07) is 14.0. The van der Waals surface area contributed by atoms with Gasteiger partial charge in [0.2, 0.25) is 5.69 Å². The van der Waals surface area contributed by atoms with Gasteiger partial charge in [-0.25, -0.2) is 0 Å². The number of aryl methyl sites for hydroxylation is 1. The third-order valence-corrected chi connectivity index (χ3v) is 7.18. The topological polar surface area (TPSA) is 3.88 Å². The monoisotopic (exact) mass is 348 g/mol. The van der Waals surface area contributed by atoms with Crippen molar-refractivity contribution in [3.05, 3.63) is 59.8 Å². The van der Waals surface area contributed by atoms with Gasteiger partial charge in [0.25, 0.3) is 0 Å². The highest BCUT2D eigenvalue weighted by Crippen LogP contribution is 2.52. The van der Waals surface area contributed by atoms with E-state index >= 15 is 0 Å². The van der Waals surface area contributed by atoms with Crippen LogP contribution < -0.4 is 4.57 Å². The van der Waals surface area contributed by atoms with Gasteiger partial charge in [-0.3, -0.25) is 0 Å². The Hall–Kier alpha value is -1.89. The van der Waals surface area contributed by atoms with Gasteiger partial charge in [-0.15, -0.1) is 0 Å². The Kier molecular flexibility index (Phi) is 5.10. The van der Waals surface area contributed by atoms with E-state index in [1.54, 1.807) is 0 Å². The zero-order valence-corrected chi connectivity index (χ0v) is 17.2. The summed E-state index contributed by atoms with van der Waals surface area (Å²) in [5, 5.41) is 0.